The van der Waals surface area contributed by atoms with Gasteiger partial charge in [-0.15, -0.1) is 0 Å². The molecule has 1 amide bonds. The van der Waals surface area contributed by atoms with E-state index in [9.17, 15) is 14.4 Å². The molecule has 0 aliphatic heterocycles. The van der Waals surface area contributed by atoms with Gasteiger partial charge in [-0.3, -0.25) is 4.79 Å². The summed E-state index contributed by atoms with van der Waals surface area (Å²) in [6, 6.07) is 15.1. The number of aromatic nitrogens is 2. The van der Waals surface area contributed by atoms with Crippen LogP contribution in [-0.2, 0) is 9.47 Å². The molecule has 0 radical (unpaired) electrons. The second kappa shape index (κ2) is 10.3. The molecule has 1 N–H and O–H groups in total. The number of rotatable bonds is 8. The Labute approximate surface area is 184 Å². The lowest BCUT2D eigenvalue weighted by atomic mass is 10.2. The second-order valence-corrected chi connectivity index (χ2v) is 6.44. The molecular formula is C23H23N3O6. The third kappa shape index (κ3) is 4.77. The van der Waals surface area contributed by atoms with Gasteiger partial charge in [0, 0.05) is 5.56 Å². The van der Waals surface area contributed by atoms with Crippen LogP contribution in [0, 0.1) is 0 Å². The number of nitrogens with zero attached hydrogens (tertiary/aromatic N) is 2. The Balaban J connectivity index is 2.17. The fraction of sp³-hybridized carbons (Fsp3) is 0.217. The van der Waals surface area contributed by atoms with Crippen molar-refractivity contribution in [2.75, 3.05) is 25.6 Å². The van der Waals surface area contributed by atoms with Gasteiger partial charge >= 0.3 is 11.9 Å². The van der Waals surface area contributed by atoms with Crippen LogP contribution >= 0.6 is 0 Å². The van der Waals surface area contributed by atoms with Crippen molar-refractivity contribution in [1.29, 1.82) is 0 Å². The first-order chi connectivity index (χ1) is 15.5. The van der Waals surface area contributed by atoms with Gasteiger partial charge in [0.15, 0.2) is 11.4 Å². The molecule has 0 bridgehead atoms. The van der Waals surface area contributed by atoms with E-state index in [-0.39, 0.29) is 30.3 Å². The number of esters is 2. The summed E-state index contributed by atoms with van der Waals surface area (Å²) in [5, 5.41) is 6.93. The van der Waals surface area contributed by atoms with Gasteiger partial charge in [0.2, 0.25) is 0 Å². The van der Waals surface area contributed by atoms with E-state index in [1.54, 1.807) is 68.4 Å². The summed E-state index contributed by atoms with van der Waals surface area (Å²) >= 11 is 0. The quantitative estimate of drug-likeness (QED) is 0.537. The van der Waals surface area contributed by atoms with Crippen LogP contribution in [0.5, 0.6) is 5.75 Å². The van der Waals surface area contributed by atoms with Crippen molar-refractivity contribution in [1.82, 2.24) is 9.78 Å². The molecule has 0 unspecified atom stereocenters. The zero-order chi connectivity index (χ0) is 23.1. The average molecular weight is 437 g/mol. The standard InChI is InChI=1S/C23H23N3O6/c1-4-31-22(28)19-18(24-21(27)15-9-7-6-8-10-15)20(23(29)32-5-2)26(25-19)16-11-13-17(30-3)14-12-16/h6-14H,4-5H2,1-3H3,(H,24,27). The fourth-order valence-electron chi connectivity index (χ4n) is 2.95. The number of hydrogen-bond donors (Lipinski definition) is 1. The highest BCUT2D eigenvalue weighted by molar-refractivity contribution is 6.11. The highest BCUT2D eigenvalue weighted by atomic mass is 16.5. The molecule has 32 heavy (non-hydrogen) atoms. The van der Waals surface area contributed by atoms with E-state index in [0.717, 1.165) is 0 Å². The molecule has 1 heterocycles. The van der Waals surface area contributed by atoms with E-state index >= 15 is 0 Å². The lowest BCUT2D eigenvalue weighted by Crippen LogP contribution is -2.19. The van der Waals surface area contributed by atoms with Gasteiger partial charge in [0.1, 0.15) is 11.4 Å². The van der Waals surface area contributed by atoms with Crippen molar-refractivity contribution in [3.8, 4) is 11.4 Å². The lowest BCUT2D eigenvalue weighted by molar-refractivity contribution is 0.0510. The Morgan fingerprint density at radius 3 is 2.12 bits per heavy atom. The third-order valence-corrected chi connectivity index (χ3v) is 4.41. The molecule has 0 saturated heterocycles. The SMILES string of the molecule is CCOC(=O)c1nn(-c2ccc(OC)cc2)c(C(=O)OCC)c1NC(=O)c1ccccc1. The van der Waals surface area contributed by atoms with E-state index < -0.39 is 17.8 Å². The maximum atomic E-state index is 12.9. The van der Waals surface area contributed by atoms with Gasteiger partial charge < -0.3 is 19.5 Å². The van der Waals surface area contributed by atoms with E-state index in [2.05, 4.69) is 10.4 Å². The van der Waals surface area contributed by atoms with Crippen LogP contribution in [-0.4, -0.2) is 47.9 Å². The van der Waals surface area contributed by atoms with Crippen molar-refractivity contribution in [2.24, 2.45) is 0 Å². The van der Waals surface area contributed by atoms with Crippen molar-refractivity contribution < 1.29 is 28.6 Å². The number of nitrogens with one attached hydrogen (secondary N) is 1. The van der Waals surface area contributed by atoms with Gasteiger partial charge in [-0.1, -0.05) is 18.2 Å². The molecule has 166 valence electrons. The van der Waals surface area contributed by atoms with Crippen LogP contribution in [0.3, 0.4) is 0 Å². The zero-order valence-corrected chi connectivity index (χ0v) is 18.0. The molecule has 3 rings (SSSR count). The maximum absolute atomic E-state index is 12.9. The smallest absolute Gasteiger partial charge is 0.361 e. The number of methoxy groups -OCH3 is 1. The summed E-state index contributed by atoms with van der Waals surface area (Å²) in [7, 11) is 1.53. The van der Waals surface area contributed by atoms with Crippen molar-refractivity contribution >= 4 is 23.5 Å². The molecule has 9 nitrogen and oxygen atoms in total. The Kier molecular flexibility index (Phi) is 7.22. The molecule has 3 aromatic rings. The van der Waals surface area contributed by atoms with Crippen LogP contribution in [0.1, 0.15) is 45.2 Å². The van der Waals surface area contributed by atoms with Gasteiger partial charge in [0.25, 0.3) is 5.91 Å². The summed E-state index contributed by atoms with van der Waals surface area (Å²) < 4.78 is 16.7. The van der Waals surface area contributed by atoms with Crippen molar-refractivity contribution in [3.63, 3.8) is 0 Å². The van der Waals surface area contributed by atoms with Gasteiger partial charge in [-0.25, -0.2) is 14.3 Å². The highest BCUT2D eigenvalue weighted by Crippen LogP contribution is 2.27. The van der Waals surface area contributed by atoms with E-state index in [0.29, 0.717) is 17.0 Å². The van der Waals surface area contributed by atoms with Crippen LogP contribution < -0.4 is 10.1 Å². The first kappa shape index (κ1) is 22.5. The maximum Gasteiger partial charge on any atom is 0.361 e. The number of benzene rings is 2. The Morgan fingerprint density at radius 2 is 1.53 bits per heavy atom. The topological polar surface area (TPSA) is 109 Å². The number of carbonyl (C=O) groups is 3. The highest BCUT2D eigenvalue weighted by Gasteiger charge is 2.31. The minimum atomic E-state index is -0.784. The molecule has 1 aromatic heterocycles. The predicted molar refractivity (Wildman–Crippen MR) is 116 cm³/mol. The van der Waals surface area contributed by atoms with E-state index in [1.165, 1.54) is 11.8 Å². The van der Waals surface area contributed by atoms with Gasteiger partial charge in [-0.05, 0) is 50.2 Å². The number of hydrogen-bond acceptors (Lipinski definition) is 7. The molecule has 0 spiro atoms. The Bertz CT molecular complexity index is 1110. The minimum Gasteiger partial charge on any atom is -0.497 e. The summed E-state index contributed by atoms with van der Waals surface area (Å²) in [6.07, 6.45) is 0. The molecule has 9 heteroatoms. The third-order valence-electron chi connectivity index (χ3n) is 4.41. The lowest BCUT2D eigenvalue weighted by Gasteiger charge is -2.10. The zero-order valence-electron chi connectivity index (χ0n) is 18.0. The first-order valence-electron chi connectivity index (χ1n) is 9.98. The van der Waals surface area contributed by atoms with Crippen LogP contribution in [0.4, 0.5) is 5.69 Å². The molecule has 0 atom stereocenters. The number of anilines is 1. The summed E-state index contributed by atoms with van der Waals surface area (Å²) in [4.78, 5) is 38.4. The van der Waals surface area contributed by atoms with Crippen LogP contribution in [0.2, 0.25) is 0 Å². The van der Waals surface area contributed by atoms with Crippen LogP contribution in [0.25, 0.3) is 5.69 Å². The molecule has 0 saturated carbocycles. The van der Waals surface area contributed by atoms with Crippen molar-refractivity contribution in [3.05, 3.63) is 71.5 Å². The number of carbonyl (C=O) groups excluding carboxylic acids is 3. The largest absolute Gasteiger partial charge is 0.497 e. The molecule has 0 aliphatic carbocycles. The van der Waals surface area contributed by atoms with E-state index in [4.69, 9.17) is 14.2 Å². The number of ether oxygens (including phenoxy) is 3. The number of amides is 1. The molecule has 0 aliphatic rings. The summed E-state index contributed by atoms with van der Waals surface area (Å²) in [6.45, 7) is 3.48. The van der Waals surface area contributed by atoms with E-state index in [1.807, 2.05) is 0 Å². The second-order valence-electron chi connectivity index (χ2n) is 6.44. The fourth-order valence-corrected chi connectivity index (χ4v) is 2.95. The first-order valence-corrected chi connectivity index (χ1v) is 9.98. The van der Waals surface area contributed by atoms with Gasteiger partial charge in [0.05, 0.1) is 26.0 Å². The normalized spacial score (nSPS) is 10.3. The summed E-state index contributed by atoms with van der Waals surface area (Å²) in [5.74, 6) is -1.46. The molecule has 2 aromatic carbocycles. The Hall–Kier alpha value is -4.14. The van der Waals surface area contributed by atoms with Crippen LogP contribution in [0.15, 0.2) is 54.6 Å². The average Bonchev–Trinajstić information content (AvgIpc) is 3.19. The predicted octanol–water partition coefficient (Wildman–Crippen LogP) is 3.49. The monoisotopic (exact) mass is 437 g/mol. The molecule has 0 fully saturated rings. The van der Waals surface area contributed by atoms with Crippen molar-refractivity contribution in [2.45, 2.75) is 13.8 Å². The molecular weight excluding hydrogens is 414 g/mol. The minimum absolute atomic E-state index is 0.0907. The summed E-state index contributed by atoms with van der Waals surface area (Å²) in [5.41, 5.74) is 0.389. The Morgan fingerprint density at radius 1 is 0.906 bits per heavy atom. The van der Waals surface area contributed by atoms with Gasteiger partial charge in [-0.2, -0.15) is 5.10 Å².